The van der Waals surface area contributed by atoms with Crippen molar-refractivity contribution in [2.24, 2.45) is 5.73 Å². The van der Waals surface area contributed by atoms with Gasteiger partial charge in [-0.05, 0) is 47.1 Å². The minimum atomic E-state index is -1.24. The Morgan fingerprint density at radius 3 is 2.60 bits per heavy atom. The van der Waals surface area contributed by atoms with Crippen LogP contribution in [0.15, 0.2) is 47.1 Å². The van der Waals surface area contributed by atoms with Gasteiger partial charge in [0.05, 0.1) is 11.9 Å². The van der Waals surface area contributed by atoms with E-state index in [1.807, 2.05) is 18.2 Å². The highest BCUT2D eigenvalue weighted by atomic mass is 79.9. The second-order valence-corrected chi connectivity index (χ2v) is 5.31. The van der Waals surface area contributed by atoms with Gasteiger partial charge in [0.25, 0.3) is 0 Å². The van der Waals surface area contributed by atoms with E-state index in [1.165, 1.54) is 12.1 Å². The van der Waals surface area contributed by atoms with Gasteiger partial charge in [-0.25, -0.2) is 4.39 Å². The molecule has 0 aliphatic carbocycles. The number of aromatic nitrogens is 1. The Kier molecular flexibility index (Phi) is 4.04. The normalized spacial score (nSPS) is 13.6. The number of hydrogen-bond donors (Lipinski definition) is 2. The third-order valence-corrected chi connectivity index (χ3v) is 3.68. The lowest BCUT2D eigenvalue weighted by Gasteiger charge is -2.28. The highest BCUT2D eigenvalue weighted by molar-refractivity contribution is 9.10. The molecule has 1 aromatic carbocycles. The number of nitrogens with two attached hydrogens (primary N) is 1. The zero-order valence-corrected chi connectivity index (χ0v) is 12.3. The van der Waals surface area contributed by atoms with E-state index in [0.29, 0.717) is 11.4 Å². The lowest BCUT2D eigenvalue weighted by molar-refractivity contribution is -0.122. The predicted molar refractivity (Wildman–Crippen MR) is 78.5 cm³/mol. The fourth-order valence-electron chi connectivity index (χ4n) is 1.76. The summed E-state index contributed by atoms with van der Waals surface area (Å²) in [4.78, 5) is 15.8. The molecule has 0 saturated heterocycles. The molecular weight excluding hydrogens is 325 g/mol. The van der Waals surface area contributed by atoms with Crippen LogP contribution < -0.4 is 11.1 Å². The maximum atomic E-state index is 13.0. The van der Waals surface area contributed by atoms with Crippen LogP contribution in [-0.4, -0.2) is 10.9 Å². The Bertz CT molecular complexity index is 633. The van der Waals surface area contributed by atoms with Crippen LogP contribution in [0.3, 0.4) is 0 Å². The van der Waals surface area contributed by atoms with Gasteiger partial charge in [-0.3, -0.25) is 9.78 Å². The standard InChI is InChI=1S/C14H13BrFN3O/c1-14(13(17)20,12-7-6-9(16)8-18-12)19-11-5-3-2-4-10(11)15/h2-8,19H,1H3,(H2,17,20). The van der Waals surface area contributed by atoms with Crippen LogP contribution in [0.4, 0.5) is 10.1 Å². The summed E-state index contributed by atoms with van der Waals surface area (Å²) >= 11 is 3.39. The lowest BCUT2D eigenvalue weighted by Crippen LogP contribution is -2.45. The number of nitrogens with one attached hydrogen (secondary N) is 1. The summed E-state index contributed by atoms with van der Waals surface area (Å²) in [7, 11) is 0. The Hall–Kier alpha value is -1.95. The molecule has 1 amide bonds. The molecule has 6 heteroatoms. The van der Waals surface area contributed by atoms with Crippen molar-refractivity contribution in [3.63, 3.8) is 0 Å². The first-order valence-electron chi connectivity index (χ1n) is 5.88. The number of benzene rings is 1. The molecule has 1 heterocycles. The van der Waals surface area contributed by atoms with Gasteiger partial charge >= 0.3 is 0 Å². The number of para-hydroxylation sites is 1. The molecule has 0 spiro atoms. The van der Waals surface area contributed by atoms with Crippen LogP contribution in [-0.2, 0) is 10.3 Å². The molecule has 2 aromatic rings. The van der Waals surface area contributed by atoms with Crippen LogP contribution >= 0.6 is 15.9 Å². The number of halogens is 2. The highest BCUT2D eigenvalue weighted by Crippen LogP contribution is 2.29. The number of primary amides is 1. The maximum absolute atomic E-state index is 13.0. The molecule has 104 valence electrons. The molecule has 1 unspecified atom stereocenters. The van der Waals surface area contributed by atoms with E-state index in [0.717, 1.165) is 10.7 Å². The van der Waals surface area contributed by atoms with Crippen molar-refractivity contribution in [3.8, 4) is 0 Å². The number of carbonyl (C=O) groups is 1. The molecule has 0 bridgehead atoms. The zero-order chi connectivity index (χ0) is 14.8. The minimum Gasteiger partial charge on any atom is -0.367 e. The smallest absolute Gasteiger partial charge is 0.249 e. The van der Waals surface area contributed by atoms with E-state index in [4.69, 9.17) is 5.73 Å². The number of rotatable bonds is 4. The average molecular weight is 338 g/mol. The van der Waals surface area contributed by atoms with Gasteiger partial charge in [0.15, 0.2) is 5.54 Å². The second-order valence-electron chi connectivity index (χ2n) is 4.46. The van der Waals surface area contributed by atoms with Gasteiger partial charge < -0.3 is 11.1 Å². The fraction of sp³-hybridized carbons (Fsp3) is 0.143. The largest absolute Gasteiger partial charge is 0.367 e. The first-order valence-corrected chi connectivity index (χ1v) is 6.67. The SMILES string of the molecule is CC(Nc1ccccc1Br)(C(N)=O)c1ccc(F)cn1. The number of anilines is 1. The molecule has 0 saturated carbocycles. The summed E-state index contributed by atoms with van der Waals surface area (Å²) in [5.74, 6) is -1.08. The topological polar surface area (TPSA) is 68.0 Å². The van der Waals surface area contributed by atoms with Crippen LogP contribution in [0.5, 0.6) is 0 Å². The van der Waals surface area contributed by atoms with Crippen LogP contribution in [0, 0.1) is 5.82 Å². The van der Waals surface area contributed by atoms with E-state index < -0.39 is 17.3 Å². The summed E-state index contributed by atoms with van der Waals surface area (Å²) in [6.45, 7) is 1.61. The van der Waals surface area contributed by atoms with Crippen molar-refractivity contribution < 1.29 is 9.18 Å². The first-order chi connectivity index (χ1) is 9.43. The highest BCUT2D eigenvalue weighted by Gasteiger charge is 2.35. The van der Waals surface area contributed by atoms with Gasteiger partial charge in [-0.1, -0.05) is 12.1 Å². The average Bonchev–Trinajstić information content (AvgIpc) is 2.42. The number of pyridine rings is 1. The van der Waals surface area contributed by atoms with Crippen molar-refractivity contribution in [2.45, 2.75) is 12.5 Å². The molecule has 1 atom stereocenters. The summed E-state index contributed by atoms with van der Waals surface area (Å²) in [6, 6.07) is 9.99. The van der Waals surface area contributed by atoms with Crippen molar-refractivity contribution in [1.29, 1.82) is 0 Å². The quantitative estimate of drug-likeness (QED) is 0.901. The first kappa shape index (κ1) is 14.5. The molecule has 20 heavy (non-hydrogen) atoms. The van der Waals surface area contributed by atoms with E-state index in [2.05, 4.69) is 26.2 Å². The van der Waals surface area contributed by atoms with E-state index in [9.17, 15) is 9.18 Å². The van der Waals surface area contributed by atoms with Gasteiger partial charge in [-0.15, -0.1) is 0 Å². The van der Waals surface area contributed by atoms with Gasteiger partial charge in [0.1, 0.15) is 5.82 Å². The Labute approximate surface area is 124 Å². The number of nitrogens with zero attached hydrogens (tertiary/aromatic N) is 1. The molecule has 2 rings (SSSR count). The van der Waals surface area contributed by atoms with Gasteiger partial charge in [-0.2, -0.15) is 0 Å². The Morgan fingerprint density at radius 2 is 2.05 bits per heavy atom. The van der Waals surface area contributed by atoms with Crippen molar-refractivity contribution in [1.82, 2.24) is 4.98 Å². The van der Waals surface area contributed by atoms with E-state index in [-0.39, 0.29) is 0 Å². The van der Waals surface area contributed by atoms with E-state index in [1.54, 1.807) is 13.0 Å². The third kappa shape index (κ3) is 2.80. The summed E-state index contributed by atoms with van der Waals surface area (Å²) in [6.07, 6.45) is 1.05. The van der Waals surface area contributed by atoms with Crippen molar-refractivity contribution >= 4 is 27.5 Å². The number of amides is 1. The molecule has 1 aromatic heterocycles. The summed E-state index contributed by atoms with van der Waals surface area (Å²) < 4.78 is 13.7. The molecule has 0 aliphatic rings. The monoisotopic (exact) mass is 337 g/mol. The molecule has 0 fully saturated rings. The third-order valence-electron chi connectivity index (χ3n) is 2.99. The predicted octanol–water partition coefficient (Wildman–Crippen LogP) is 2.80. The lowest BCUT2D eigenvalue weighted by atomic mass is 9.95. The number of hydrogen-bond acceptors (Lipinski definition) is 3. The van der Waals surface area contributed by atoms with Crippen molar-refractivity contribution in [2.75, 3.05) is 5.32 Å². The van der Waals surface area contributed by atoms with Crippen LogP contribution in [0.25, 0.3) is 0 Å². The molecule has 0 radical (unpaired) electrons. The fourth-order valence-corrected chi connectivity index (χ4v) is 2.14. The molecule has 3 N–H and O–H groups in total. The summed E-state index contributed by atoms with van der Waals surface area (Å²) in [5.41, 5.74) is 5.29. The minimum absolute atomic E-state index is 0.349. The van der Waals surface area contributed by atoms with Crippen molar-refractivity contribution in [3.05, 3.63) is 58.6 Å². The second kappa shape index (κ2) is 5.58. The maximum Gasteiger partial charge on any atom is 0.249 e. The van der Waals surface area contributed by atoms with E-state index >= 15 is 0 Å². The molecule has 0 aliphatic heterocycles. The zero-order valence-electron chi connectivity index (χ0n) is 10.7. The van der Waals surface area contributed by atoms with Gasteiger partial charge in [0, 0.05) is 10.2 Å². The van der Waals surface area contributed by atoms with Crippen LogP contribution in [0.1, 0.15) is 12.6 Å². The molecule has 4 nitrogen and oxygen atoms in total. The molecular formula is C14H13BrFN3O. The van der Waals surface area contributed by atoms with Gasteiger partial charge in [0.2, 0.25) is 5.91 Å². The summed E-state index contributed by atoms with van der Waals surface area (Å²) in [5, 5.41) is 3.05. The van der Waals surface area contributed by atoms with Crippen LogP contribution in [0.2, 0.25) is 0 Å². The Balaban J connectivity index is 2.43. The number of carbonyl (C=O) groups excluding carboxylic acids is 1. The Morgan fingerprint density at radius 1 is 1.35 bits per heavy atom.